The van der Waals surface area contributed by atoms with Crippen LogP contribution in [-0.2, 0) is 4.79 Å². The summed E-state index contributed by atoms with van der Waals surface area (Å²) in [4.78, 5) is 10.4. The minimum absolute atomic E-state index is 0.227. The van der Waals surface area contributed by atoms with Crippen molar-refractivity contribution in [3.8, 4) is 0 Å². The average molecular weight is 127 g/mol. The van der Waals surface area contributed by atoms with E-state index in [0.29, 0.717) is 11.8 Å². The van der Waals surface area contributed by atoms with Crippen LogP contribution in [0.25, 0.3) is 0 Å². The average Bonchev–Trinajstić information content (AvgIpc) is 2.43. The zero-order valence-electron chi connectivity index (χ0n) is 5.00. The largest absolute Gasteiger partial charge is 0.480 e. The number of piperidine rings is 1. The molecule has 50 valence electrons. The molecule has 2 aliphatic rings. The summed E-state index contributed by atoms with van der Waals surface area (Å²) in [5.41, 5.74) is 0. The summed E-state index contributed by atoms with van der Waals surface area (Å²) < 4.78 is 0. The van der Waals surface area contributed by atoms with Crippen molar-refractivity contribution >= 4 is 5.97 Å². The predicted octanol–water partition coefficient (Wildman–Crippen LogP) is -0.321. The highest BCUT2D eigenvalue weighted by Crippen LogP contribution is 2.44. The van der Waals surface area contributed by atoms with Crippen molar-refractivity contribution in [2.75, 3.05) is 6.54 Å². The van der Waals surface area contributed by atoms with E-state index >= 15 is 0 Å². The molecule has 0 aromatic heterocycles. The number of fused-ring (bicyclic) bond motifs is 1. The SMILES string of the molecule is O=C(O)C1NC[C@H]2C[C@H]12. The molecule has 1 unspecified atom stereocenters. The molecule has 3 nitrogen and oxygen atoms in total. The van der Waals surface area contributed by atoms with Gasteiger partial charge in [-0.2, -0.15) is 0 Å². The van der Waals surface area contributed by atoms with Crippen LogP contribution in [0.3, 0.4) is 0 Å². The Morgan fingerprint density at radius 2 is 2.44 bits per heavy atom. The Kier molecular flexibility index (Phi) is 0.858. The van der Waals surface area contributed by atoms with Crippen molar-refractivity contribution in [2.24, 2.45) is 11.8 Å². The van der Waals surface area contributed by atoms with Gasteiger partial charge in [0.25, 0.3) is 0 Å². The van der Waals surface area contributed by atoms with E-state index in [-0.39, 0.29) is 6.04 Å². The Morgan fingerprint density at radius 1 is 1.67 bits per heavy atom. The molecule has 0 spiro atoms. The zero-order chi connectivity index (χ0) is 6.43. The van der Waals surface area contributed by atoms with Crippen LogP contribution in [0.4, 0.5) is 0 Å². The van der Waals surface area contributed by atoms with E-state index in [0.717, 1.165) is 13.0 Å². The van der Waals surface area contributed by atoms with Gasteiger partial charge >= 0.3 is 5.97 Å². The number of carboxylic acids is 1. The molecule has 0 aromatic carbocycles. The van der Waals surface area contributed by atoms with Gasteiger partial charge in [0.1, 0.15) is 6.04 Å². The molecule has 3 atom stereocenters. The maximum absolute atomic E-state index is 10.4. The van der Waals surface area contributed by atoms with Crippen LogP contribution in [-0.4, -0.2) is 23.7 Å². The maximum atomic E-state index is 10.4. The standard InChI is InChI=1S/C6H9NO2/c8-6(9)5-4-1-3(4)2-7-5/h3-5,7H,1-2H2,(H,8,9)/t3-,4+,5?/m1/s1. The Hall–Kier alpha value is -0.570. The number of aliphatic carboxylic acids is 1. The molecule has 0 aromatic rings. The molecular weight excluding hydrogens is 118 g/mol. The van der Waals surface area contributed by atoms with Crippen LogP contribution in [0.1, 0.15) is 6.42 Å². The predicted molar refractivity (Wildman–Crippen MR) is 31.0 cm³/mol. The normalized spacial score (nSPS) is 46.4. The number of hydrogen-bond acceptors (Lipinski definition) is 2. The van der Waals surface area contributed by atoms with E-state index < -0.39 is 5.97 Å². The lowest BCUT2D eigenvalue weighted by Crippen LogP contribution is -2.34. The van der Waals surface area contributed by atoms with Gasteiger partial charge in [0.2, 0.25) is 0 Å². The first kappa shape index (κ1) is 5.23. The first-order chi connectivity index (χ1) is 4.29. The van der Waals surface area contributed by atoms with Crippen LogP contribution >= 0.6 is 0 Å². The third-order valence-electron chi connectivity index (χ3n) is 2.27. The van der Waals surface area contributed by atoms with E-state index in [2.05, 4.69) is 5.32 Å². The third kappa shape index (κ3) is 0.645. The highest BCUT2D eigenvalue weighted by atomic mass is 16.4. The number of carboxylic acid groups (broad SMARTS) is 1. The molecule has 1 heterocycles. The molecule has 0 bridgehead atoms. The molecule has 9 heavy (non-hydrogen) atoms. The minimum Gasteiger partial charge on any atom is -0.480 e. The Balaban J connectivity index is 2.06. The highest BCUT2D eigenvalue weighted by Gasteiger charge is 2.51. The quantitative estimate of drug-likeness (QED) is 0.507. The second kappa shape index (κ2) is 1.48. The first-order valence-electron chi connectivity index (χ1n) is 3.25. The fourth-order valence-corrected chi connectivity index (χ4v) is 1.61. The van der Waals surface area contributed by atoms with Crippen LogP contribution in [0.2, 0.25) is 0 Å². The summed E-state index contributed by atoms with van der Waals surface area (Å²) in [6.07, 6.45) is 1.13. The fraction of sp³-hybridized carbons (Fsp3) is 0.833. The van der Waals surface area contributed by atoms with Crippen LogP contribution in [0.5, 0.6) is 0 Å². The van der Waals surface area contributed by atoms with Crippen molar-refractivity contribution in [3.63, 3.8) is 0 Å². The number of nitrogens with one attached hydrogen (secondary N) is 1. The minimum atomic E-state index is -0.681. The highest BCUT2D eigenvalue weighted by molar-refractivity contribution is 5.75. The van der Waals surface area contributed by atoms with Gasteiger partial charge in [0, 0.05) is 0 Å². The molecule has 2 fully saturated rings. The summed E-state index contributed by atoms with van der Waals surface area (Å²) in [5.74, 6) is 0.466. The molecule has 2 N–H and O–H groups in total. The fourth-order valence-electron chi connectivity index (χ4n) is 1.61. The Labute approximate surface area is 53.1 Å². The van der Waals surface area contributed by atoms with Crippen molar-refractivity contribution in [3.05, 3.63) is 0 Å². The van der Waals surface area contributed by atoms with Crippen LogP contribution in [0.15, 0.2) is 0 Å². The Bertz CT molecular complexity index is 157. The van der Waals surface area contributed by atoms with E-state index in [1.165, 1.54) is 0 Å². The summed E-state index contributed by atoms with van der Waals surface area (Å²) in [6, 6.07) is -0.227. The lowest BCUT2D eigenvalue weighted by atomic mass is 10.2. The smallest absolute Gasteiger partial charge is 0.320 e. The molecule has 0 amide bonds. The van der Waals surface area contributed by atoms with Gasteiger partial charge in [-0.3, -0.25) is 4.79 Å². The molecule has 2 rings (SSSR count). The second-order valence-corrected chi connectivity index (χ2v) is 2.88. The van der Waals surface area contributed by atoms with E-state index in [4.69, 9.17) is 5.11 Å². The topological polar surface area (TPSA) is 49.3 Å². The van der Waals surface area contributed by atoms with Gasteiger partial charge in [0.15, 0.2) is 0 Å². The maximum Gasteiger partial charge on any atom is 0.320 e. The number of hydrogen-bond donors (Lipinski definition) is 2. The molecule has 0 radical (unpaired) electrons. The lowest BCUT2D eigenvalue weighted by Gasteiger charge is -2.04. The molecule has 1 saturated carbocycles. The van der Waals surface area contributed by atoms with Gasteiger partial charge in [-0.15, -0.1) is 0 Å². The van der Waals surface area contributed by atoms with Crippen molar-refractivity contribution in [2.45, 2.75) is 12.5 Å². The van der Waals surface area contributed by atoms with Crippen LogP contribution in [0, 0.1) is 11.8 Å². The lowest BCUT2D eigenvalue weighted by molar-refractivity contribution is -0.139. The monoisotopic (exact) mass is 127 g/mol. The van der Waals surface area contributed by atoms with Gasteiger partial charge in [-0.05, 0) is 24.8 Å². The summed E-state index contributed by atoms with van der Waals surface area (Å²) >= 11 is 0. The van der Waals surface area contributed by atoms with Crippen molar-refractivity contribution < 1.29 is 9.90 Å². The molecule has 1 saturated heterocycles. The number of rotatable bonds is 1. The van der Waals surface area contributed by atoms with Crippen molar-refractivity contribution in [1.82, 2.24) is 5.32 Å². The van der Waals surface area contributed by atoms with Gasteiger partial charge in [-0.25, -0.2) is 0 Å². The van der Waals surface area contributed by atoms with E-state index in [1.54, 1.807) is 0 Å². The van der Waals surface area contributed by atoms with E-state index in [9.17, 15) is 4.79 Å². The van der Waals surface area contributed by atoms with Gasteiger partial charge < -0.3 is 10.4 Å². The summed E-state index contributed by atoms with van der Waals surface area (Å²) in [7, 11) is 0. The first-order valence-corrected chi connectivity index (χ1v) is 3.25. The van der Waals surface area contributed by atoms with E-state index in [1.807, 2.05) is 0 Å². The third-order valence-corrected chi connectivity index (χ3v) is 2.27. The Morgan fingerprint density at radius 3 is 2.67 bits per heavy atom. The molecule has 1 aliphatic heterocycles. The molecule has 1 aliphatic carbocycles. The summed E-state index contributed by atoms with van der Waals surface area (Å²) in [5, 5.41) is 11.5. The molecule has 3 heteroatoms. The zero-order valence-corrected chi connectivity index (χ0v) is 5.00. The summed E-state index contributed by atoms with van der Waals surface area (Å²) in [6.45, 7) is 0.918. The molecular formula is C6H9NO2. The van der Waals surface area contributed by atoms with Crippen LogP contribution < -0.4 is 5.32 Å². The van der Waals surface area contributed by atoms with Gasteiger partial charge in [0.05, 0.1) is 0 Å². The second-order valence-electron chi connectivity index (χ2n) is 2.88. The number of carbonyl (C=O) groups is 1. The van der Waals surface area contributed by atoms with Crippen molar-refractivity contribution in [1.29, 1.82) is 0 Å². The van der Waals surface area contributed by atoms with Gasteiger partial charge in [-0.1, -0.05) is 0 Å².